The van der Waals surface area contributed by atoms with Gasteiger partial charge >= 0.3 is 0 Å². The minimum absolute atomic E-state index is 0. The van der Waals surface area contributed by atoms with E-state index in [0.29, 0.717) is 19.5 Å². The van der Waals surface area contributed by atoms with Crippen LogP contribution in [0.3, 0.4) is 0 Å². The Labute approximate surface area is 144 Å². The van der Waals surface area contributed by atoms with Crippen LogP contribution in [0.15, 0.2) is 30.3 Å². The summed E-state index contributed by atoms with van der Waals surface area (Å²) in [6.07, 6.45) is 0.386. The van der Waals surface area contributed by atoms with Crippen LogP contribution in [-0.2, 0) is 16.1 Å². The molecule has 1 aliphatic rings. The molecule has 1 saturated heterocycles. The van der Waals surface area contributed by atoms with Gasteiger partial charge in [-0.3, -0.25) is 9.59 Å². The first-order valence-corrected chi connectivity index (χ1v) is 7.87. The SMILES string of the molecule is CC(=O)N(CCC(=O)N1CCNCC1C)Cc1ccccc1.Cl. The molecular formula is C17H26ClN3O2. The predicted octanol–water partition coefficient (Wildman–Crippen LogP) is 1.67. The standard InChI is InChI=1S/C17H25N3O2.ClH/c1-14-12-18-9-11-20(14)17(22)8-10-19(15(2)21)13-16-6-4-3-5-7-16;/h3-7,14,18H,8-13H2,1-2H3;1H. The molecule has 0 bridgehead atoms. The van der Waals surface area contributed by atoms with E-state index in [9.17, 15) is 9.59 Å². The van der Waals surface area contributed by atoms with Crippen LogP contribution in [0.2, 0.25) is 0 Å². The molecule has 23 heavy (non-hydrogen) atoms. The Hall–Kier alpha value is -1.59. The summed E-state index contributed by atoms with van der Waals surface area (Å²) in [5.74, 6) is 0.137. The molecule has 1 unspecified atom stereocenters. The van der Waals surface area contributed by atoms with Gasteiger partial charge in [-0.1, -0.05) is 30.3 Å². The first-order chi connectivity index (χ1) is 10.6. The van der Waals surface area contributed by atoms with Gasteiger partial charge in [0.2, 0.25) is 11.8 Å². The third-order valence-corrected chi connectivity index (χ3v) is 4.08. The van der Waals surface area contributed by atoms with Crippen LogP contribution in [0.4, 0.5) is 0 Å². The second kappa shape index (κ2) is 9.53. The molecule has 0 aliphatic carbocycles. The molecular weight excluding hydrogens is 314 g/mol. The van der Waals surface area contributed by atoms with Crippen LogP contribution in [-0.4, -0.2) is 53.8 Å². The van der Waals surface area contributed by atoms with Crippen LogP contribution >= 0.6 is 12.4 Å². The number of halogens is 1. The highest BCUT2D eigenvalue weighted by Gasteiger charge is 2.23. The number of hydrogen-bond donors (Lipinski definition) is 1. The maximum absolute atomic E-state index is 12.3. The average molecular weight is 340 g/mol. The number of carbonyl (C=O) groups is 2. The molecule has 1 aliphatic heterocycles. The van der Waals surface area contributed by atoms with E-state index in [2.05, 4.69) is 12.2 Å². The Morgan fingerprint density at radius 1 is 1.30 bits per heavy atom. The largest absolute Gasteiger partial charge is 0.338 e. The van der Waals surface area contributed by atoms with Crippen molar-refractivity contribution in [1.29, 1.82) is 0 Å². The summed E-state index contributed by atoms with van der Waals surface area (Å²) in [6, 6.07) is 10.1. The summed E-state index contributed by atoms with van der Waals surface area (Å²) in [4.78, 5) is 27.8. The molecule has 128 valence electrons. The summed E-state index contributed by atoms with van der Waals surface area (Å²) >= 11 is 0. The summed E-state index contributed by atoms with van der Waals surface area (Å²) < 4.78 is 0. The maximum Gasteiger partial charge on any atom is 0.224 e. The molecule has 1 aromatic carbocycles. The van der Waals surface area contributed by atoms with Crippen molar-refractivity contribution >= 4 is 24.2 Å². The maximum atomic E-state index is 12.3. The van der Waals surface area contributed by atoms with Gasteiger partial charge in [-0.15, -0.1) is 12.4 Å². The normalized spacial score (nSPS) is 17.3. The van der Waals surface area contributed by atoms with Crippen LogP contribution in [0, 0.1) is 0 Å². The van der Waals surface area contributed by atoms with Crippen LogP contribution in [0.5, 0.6) is 0 Å². The van der Waals surface area contributed by atoms with Crippen LogP contribution < -0.4 is 5.32 Å². The lowest BCUT2D eigenvalue weighted by Gasteiger charge is -2.34. The van der Waals surface area contributed by atoms with Crippen molar-refractivity contribution in [2.24, 2.45) is 0 Å². The fraction of sp³-hybridized carbons (Fsp3) is 0.529. The number of rotatable bonds is 5. The van der Waals surface area contributed by atoms with Crippen molar-refractivity contribution < 1.29 is 9.59 Å². The Morgan fingerprint density at radius 3 is 2.61 bits per heavy atom. The van der Waals surface area contributed by atoms with Crippen molar-refractivity contribution in [1.82, 2.24) is 15.1 Å². The van der Waals surface area contributed by atoms with Gasteiger partial charge in [0.1, 0.15) is 0 Å². The van der Waals surface area contributed by atoms with Crippen molar-refractivity contribution in [3.05, 3.63) is 35.9 Å². The van der Waals surface area contributed by atoms with Crippen molar-refractivity contribution in [3.63, 3.8) is 0 Å². The summed E-state index contributed by atoms with van der Waals surface area (Å²) in [5, 5.41) is 3.28. The number of piperazine rings is 1. The van der Waals surface area contributed by atoms with Crippen molar-refractivity contribution in [3.8, 4) is 0 Å². The van der Waals surface area contributed by atoms with Crippen molar-refractivity contribution in [2.75, 3.05) is 26.2 Å². The monoisotopic (exact) mass is 339 g/mol. The zero-order valence-electron chi connectivity index (χ0n) is 13.8. The molecule has 0 saturated carbocycles. The highest BCUT2D eigenvalue weighted by molar-refractivity contribution is 5.85. The number of benzene rings is 1. The second-order valence-corrected chi connectivity index (χ2v) is 5.82. The quantitative estimate of drug-likeness (QED) is 0.887. The van der Waals surface area contributed by atoms with E-state index >= 15 is 0 Å². The van der Waals surface area contributed by atoms with Gasteiger partial charge in [0, 0.05) is 52.1 Å². The fourth-order valence-electron chi connectivity index (χ4n) is 2.74. The zero-order valence-corrected chi connectivity index (χ0v) is 14.6. The lowest BCUT2D eigenvalue weighted by atomic mass is 10.2. The summed E-state index contributed by atoms with van der Waals surface area (Å²) in [7, 11) is 0. The van der Waals surface area contributed by atoms with Gasteiger partial charge in [0.05, 0.1) is 0 Å². The number of hydrogen-bond acceptors (Lipinski definition) is 3. The van der Waals surface area contributed by atoms with Crippen LogP contribution in [0.25, 0.3) is 0 Å². The molecule has 1 atom stereocenters. The van der Waals surface area contributed by atoms with E-state index in [1.165, 1.54) is 0 Å². The highest BCUT2D eigenvalue weighted by Crippen LogP contribution is 2.09. The molecule has 0 aromatic heterocycles. The van der Waals surface area contributed by atoms with Gasteiger partial charge in [-0.2, -0.15) is 0 Å². The van der Waals surface area contributed by atoms with Crippen molar-refractivity contribution in [2.45, 2.75) is 32.9 Å². The third kappa shape index (κ3) is 5.84. The zero-order chi connectivity index (χ0) is 15.9. The first-order valence-electron chi connectivity index (χ1n) is 7.87. The fourth-order valence-corrected chi connectivity index (χ4v) is 2.74. The lowest BCUT2D eigenvalue weighted by molar-refractivity contribution is -0.135. The average Bonchev–Trinajstić information content (AvgIpc) is 2.52. The molecule has 2 amide bonds. The second-order valence-electron chi connectivity index (χ2n) is 5.82. The van der Waals surface area contributed by atoms with E-state index in [1.807, 2.05) is 35.2 Å². The molecule has 1 aromatic rings. The predicted molar refractivity (Wildman–Crippen MR) is 93.4 cm³/mol. The minimum Gasteiger partial charge on any atom is -0.338 e. The number of carbonyl (C=O) groups excluding carboxylic acids is 2. The molecule has 1 N–H and O–H groups in total. The molecule has 0 radical (unpaired) electrons. The topological polar surface area (TPSA) is 52.7 Å². The van der Waals surface area contributed by atoms with Gasteiger partial charge in [0.25, 0.3) is 0 Å². The van der Waals surface area contributed by atoms with E-state index in [1.54, 1.807) is 11.8 Å². The van der Waals surface area contributed by atoms with E-state index in [4.69, 9.17) is 0 Å². The number of nitrogens with one attached hydrogen (secondary N) is 1. The molecule has 1 fully saturated rings. The lowest BCUT2D eigenvalue weighted by Crippen LogP contribution is -2.52. The van der Waals surface area contributed by atoms with E-state index in [0.717, 1.165) is 25.2 Å². The molecule has 5 nitrogen and oxygen atoms in total. The molecule has 6 heteroatoms. The number of nitrogens with zero attached hydrogens (tertiary/aromatic N) is 2. The van der Waals surface area contributed by atoms with Gasteiger partial charge < -0.3 is 15.1 Å². The van der Waals surface area contributed by atoms with Gasteiger partial charge in [-0.05, 0) is 12.5 Å². The minimum atomic E-state index is 0. The first kappa shape index (κ1) is 19.5. The Bertz CT molecular complexity index is 510. The Kier molecular flexibility index (Phi) is 8.06. The van der Waals surface area contributed by atoms with E-state index < -0.39 is 0 Å². The molecule has 1 heterocycles. The van der Waals surface area contributed by atoms with E-state index in [-0.39, 0.29) is 30.3 Å². The smallest absolute Gasteiger partial charge is 0.224 e. The number of amides is 2. The highest BCUT2D eigenvalue weighted by atomic mass is 35.5. The van der Waals surface area contributed by atoms with Gasteiger partial charge in [0.15, 0.2) is 0 Å². The molecule has 2 rings (SSSR count). The Morgan fingerprint density at radius 2 is 2.00 bits per heavy atom. The Balaban J connectivity index is 0.00000264. The summed E-state index contributed by atoms with van der Waals surface area (Å²) in [5.41, 5.74) is 1.08. The third-order valence-electron chi connectivity index (χ3n) is 4.08. The summed E-state index contributed by atoms with van der Waals surface area (Å²) in [6.45, 7) is 7.07. The molecule has 0 spiro atoms. The van der Waals surface area contributed by atoms with Gasteiger partial charge in [-0.25, -0.2) is 0 Å². The van der Waals surface area contributed by atoms with Crippen LogP contribution in [0.1, 0.15) is 25.8 Å².